The minimum absolute atomic E-state index is 0.0308. The monoisotopic (exact) mass is 289 g/mol. The van der Waals surface area contributed by atoms with Crippen molar-refractivity contribution in [3.8, 4) is 5.82 Å². The lowest BCUT2D eigenvalue weighted by Gasteiger charge is -2.09. The second kappa shape index (κ2) is 6.60. The Morgan fingerprint density at radius 2 is 2.19 bits per heavy atom. The highest BCUT2D eigenvalue weighted by atomic mass is 16.4. The van der Waals surface area contributed by atoms with E-state index >= 15 is 0 Å². The molecule has 8 nitrogen and oxygen atoms in total. The van der Waals surface area contributed by atoms with E-state index in [1.165, 1.54) is 23.5 Å². The van der Waals surface area contributed by atoms with Gasteiger partial charge in [-0.05, 0) is 18.1 Å². The Morgan fingerprint density at radius 3 is 2.76 bits per heavy atom. The first-order chi connectivity index (χ1) is 10.0. The van der Waals surface area contributed by atoms with Gasteiger partial charge < -0.3 is 10.4 Å². The van der Waals surface area contributed by atoms with Gasteiger partial charge in [-0.2, -0.15) is 5.10 Å². The molecule has 1 unspecified atom stereocenters. The predicted octanol–water partition coefficient (Wildman–Crippen LogP) is 1.10. The molecule has 0 aliphatic rings. The number of amides is 1. The van der Waals surface area contributed by atoms with Crippen LogP contribution in [0.4, 0.5) is 5.69 Å². The zero-order valence-electron chi connectivity index (χ0n) is 11.4. The fraction of sp³-hybridized carbons (Fsp3) is 0.308. The van der Waals surface area contributed by atoms with Gasteiger partial charge in [-0.15, -0.1) is 0 Å². The van der Waals surface area contributed by atoms with Crippen molar-refractivity contribution in [3.63, 3.8) is 0 Å². The number of nitrogens with one attached hydrogen (secondary N) is 1. The first kappa shape index (κ1) is 14.6. The summed E-state index contributed by atoms with van der Waals surface area (Å²) < 4.78 is 1.50. The maximum atomic E-state index is 11.8. The molecular weight excluding hydrogens is 274 g/mol. The number of rotatable bonds is 6. The first-order valence-electron chi connectivity index (χ1n) is 6.37. The molecule has 21 heavy (non-hydrogen) atoms. The van der Waals surface area contributed by atoms with Crippen LogP contribution in [0.2, 0.25) is 0 Å². The normalized spacial score (nSPS) is 11.9. The van der Waals surface area contributed by atoms with Crippen LogP contribution in [-0.2, 0) is 9.59 Å². The maximum Gasteiger partial charge on any atom is 0.303 e. The maximum absolute atomic E-state index is 11.8. The summed E-state index contributed by atoms with van der Waals surface area (Å²) in [5.74, 6) is -0.775. The molecule has 1 amide bonds. The average Bonchev–Trinajstić information content (AvgIpc) is 2.92. The Hall–Kier alpha value is -2.77. The molecule has 0 saturated carbocycles. The summed E-state index contributed by atoms with van der Waals surface area (Å²) in [5.41, 5.74) is 0.548. The van der Waals surface area contributed by atoms with Crippen molar-refractivity contribution in [3.05, 3.63) is 31.0 Å². The molecule has 0 aromatic carbocycles. The lowest BCUT2D eigenvalue weighted by molar-refractivity contribution is -0.138. The van der Waals surface area contributed by atoms with E-state index in [4.69, 9.17) is 5.11 Å². The fourth-order valence-electron chi connectivity index (χ4n) is 1.82. The second-order valence-corrected chi connectivity index (χ2v) is 4.70. The lowest BCUT2D eigenvalue weighted by Crippen LogP contribution is -2.17. The van der Waals surface area contributed by atoms with Crippen molar-refractivity contribution in [1.82, 2.24) is 19.7 Å². The number of aromatic nitrogens is 4. The molecule has 0 aliphatic heterocycles. The SMILES string of the molecule is CC(CC(=O)O)CC(=O)Nc1ccc(-n2cncn2)nc1. The van der Waals surface area contributed by atoms with Gasteiger partial charge in [-0.3, -0.25) is 9.59 Å². The molecule has 110 valence electrons. The second-order valence-electron chi connectivity index (χ2n) is 4.70. The third-order valence-corrected chi connectivity index (χ3v) is 2.74. The summed E-state index contributed by atoms with van der Waals surface area (Å²) in [6, 6.07) is 3.40. The number of hydrogen-bond acceptors (Lipinski definition) is 5. The van der Waals surface area contributed by atoms with E-state index in [1.54, 1.807) is 19.1 Å². The van der Waals surface area contributed by atoms with Crippen LogP contribution in [0.3, 0.4) is 0 Å². The summed E-state index contributed by atoms with van der Waals surface area (Å²) in [6.45, 7) is 1.72. The Bertz CT molecular complexity index is 609. The van der Waals surface area contributed by atoms with Crippen molar-refractivity contribution < 1.29 is 14.7 Å². The molecule has 0 fully saturated rings. The molecule has 0 spiro atoms. The van der Waals surface area contributed by atoms with E-state index in [0.717, 1.165) is 0 Å². The molecule has 1 atom stereocenters. The molecule has 0 bridgehead atoms. The number of nitrogens with zero attached hydrogens (tertiary/aromatic N) is 4. The van der Waals surface area contributed by atoms with Crippen LogP contribution >= 0.6 is 0 Å². The minimum Gasteiger partial charge on any atom is -0.481 e. The molecule has 2 aromatic heterocycles. The largest absolute Gasteiger partial charge is 0.481 e. The number of carboxylic acids is 1. The van der Waals surface area contributed by atoms with Crippen LogP contribution in [0.5, 0.6) is 0 Å². The van der Waals surface area contributed by atoms with Gasteiger partial charge in [-0.1, -0.05) is 6.92 Å². The number of carbonyl (C=O) groups is 2. The van der Waals surface area contributed by atoms with E-state index in [9.17, 15) is 9.59 Å². The number of pyridine rings is 1. The van der Waals surface area contributed by atoms with E-state index in [0.29, 0.717) is 11.5 Å². The fourth-order valence-corrected chi connectivity index (χ4v) is 1.82. The lowest BCUT2D eigenvalue weighted by atomic mass is 10.0. The molecule has 2 N–H and O–H groups in total. The number of anilines is 1. The summed E-state index contributed by atoms with van der Waals surface area (Å²) in [7, 11) is 0. The summed E-state index contributed by atoms with van der Waals surface area (Å²) in [6.07, 6.45) is 4.56. The van der Waals surface area contributed by atoms with Crippen molar-refractivity contribution >= 4 is 17.6 Å². The highest BCUT2D eigenvalue weighted by Crippen LogP contribution is 2.12. The van der Waals surface area contributed by atoms with E-state index < -0.39 is 5.97 Å². The molecule has 0 aliphatic carbocycles. The quantitative estimate of drug-likeness (QED) is 0.824. The van der Waals surface area contributed by atoms with Gasteiger partial charge in [0.1, 0.15) is 12.7 Å². The Morgan fingerprint density at radius 1 is 1.38 bits per heavy atom. The highest BCUT2D eigenvalue weighted by molar-refractivity contribution is 5.90. The predicted molar refractivity (Wildman–Crippen MR) is 73.8 cm³/mol. The molecule has 2 aromatic rings. The summed E-state index contributed by atoms with van der Waals surface area (Å²) in [4.78, 5) is 30.3. The van der Waals surface area contributed by atoms with Crippen LogP contribution in [-0.4, -0.2) is 36.7 Å². The average molecular weight is 289 g/mol. The van der Waals surface area contributed by atoms with Crippen molar-refractivity contribution in [2.24, 2.45) is 5.92 Å². The van der Waals surface area contributed by atoms with Gasteiger partial charge >= 0.3 is 5.97 Å². The van der Waals surface area contributed by atoms with Crippen molar-refractivity contribution in [2.45, 2.75) is 19.8 Å². The van der Waals surface area contributed by atoms with Gasteiger partial charge in [0.05, 0.1) is 11.9 Å². The molecular formula is C13H15N5O3. The third-order valence-electron chi connectivity index (χ3n) is 2.74. The number of hydrogen-bond donors (Lipinski definition) is 2. The van der Waals surface area contributed by atoms with Crippen LogP contribution in [0.1, 0.15) is 19.8 Å². The van der Waals surface area contributed by atoms with Crippen LogP contribution in [0, 0.1) is 5.92 Å². The first-order valence-corrected chi connectivity index (χ1v) is 6.37. The summed E-state index contributed by atoms with van der Waals surface area (Å²) >= 11 is 0. The number of carbonyl (C=O) groups excluding carboxylic acids is 1. The Labute approximate surface area is 120 Å². The van der Waals surface area contributed by atoms with Crippen LogP contribution in [0.25, 0.3) is 5.82 Å². The number of carboxylic acid groups (broad SMARTS) is 1. The Kier molecular flexibility index (Phi) is 4.60. The highest BCUT2D eigenvalue weighted by Gasteiger charge is 2.12. The molecule has 0 radical (unpaired) electrons. The Balaban J connectivity index is 1.91. The standard InChI is InChI=1S/C13H15N5O3/c1-9(5-13(20)21)4-12(19)17-10-2-3-11(15-6-10)18-8-14-7-16-18/h2-3,6-9H,4-5H2,1H3,(H,17,19)(H,20,21). The van der Waals surface area contributed by atoms with Gasteiger partial charge in [0.15, 0.2) is 5.82 Å². The zero-order chi connectivity index (χ0) is 15.2. The smallest absolute Gasteiger partial charge is 0.303 e. The molecule has 2 rings (SSSR count). The van der Waals surface area contributed by atoms with Gasteiger partial charge in [0.25, 0.3) is 0 Å². The zero-order valence-corrected chi connectivity index (χ0v) is 11.4. The van der Waals surface area contributed by atoms with E-state index in [1.807, 2.05) is 0 Å². The molecule has 2 heterocycles. The summed E-state index contributed by atoms with van der Waals surface area (Å²) in [5, 5.41) is 15.3. The third kappa shape index (κ3) is 4.37. The van der Waals surface area contributed by atoms with Gasteiger partial charge in [0, 0.05) is 12.8 Å². The van der Waals surface area contributed by atoms with Crippen molar-refractivity contribution in [1.29, 1.82) is 0 Å². The minimum atomic E-state index is -0.908. The molecule has 8 heteroatoms. The number of aliphatic carboxylic acids is 1. The van der Waals surface area contributed by atoms with Crippen LogP contribution in [0.15, 0.2) is 31.0 Å². The van der Waals surface area contributed by atoms with Crippen LogP contribution < -0.4 is 5.32 Å². The van der Waals surface area contributed by atoms with Crippen molar-refractivity contribution in [2.75, 3.05) is 5.32 Å². The van der Waals surface area contributed by atoms with E-state index in [-0.39, 0.29) is 24.7 Å². The topological polar surface area (TPSA) is 110 Å². The van der Waals surface area contributed by atoms with E-state index in [2.05, 4.69) is 20.4 Å². The van der Waals surface area contributed by atoms with Gasteiger partial charge in [0.2, 0.25) is 5.91 Å². The van der Waals surface area contributed by atoms with Gasteiger partial charge in [-0.25, -0.2) is 14.6 Å². The molecule has 0 saturated heterocycles.